The Labute approximate surface area is 158 Å². The molecule has 1 heterocycles. The van der Waals surface area contributed by atoms with Crippen molar-refractivity contribution in [1.82, 2.24) is 4.90 Å². The van der Waals surface area contributed by atoms with Gasteiger partial charge in [0.2, 0.25) is 5.91 Å². The Bertz CT molecular complexity index is 828. The van der Waals surface area contributed by atoms with E-state index < -0.39 is 4.92 Å². The van der Waals surface area contributed by atoms with Crippen molar-refractivity contribution in [2.75, 3.05) is 42.9 Å². The molecule has 1 amide bonds. The molecule has 0 atom stereocenters. The lowest BCUT2D eigenvalue weighted by atomic mass is 10.1. The van der Waals surface area contributed by atoms with E-state index in [9.17, 15) is 14.9 Å². The first-order chi connectivity index (χ1) is 12.9. The van der Waals surface area contributed by atoms with E-state index in [1.165, 1.54) is 17.7 Å². The van der Waals surface area contributed by atoms with Crippen LogP contribution >= 0.6 is 0 Å². The molecule has 0 radical (unpaired) electrons. The van der Waals surface area contributed by atoms with Crippen molar-refractivity contribution in [3.05, 3.63) is 63.7 Å². The molecule has 1 N–H and O–H groups in total. The third-order valence-electron chi connectivity index (χ3n) is 4.96. The van der Waals surface area contributed by atoms with E-state index in [0.29, 0.717) is 6.54 Å². The van der Waals surface area contributed by atoms with Gasteiger partial charge in [0.1, 0.15) is 0 Å². The number of nitrogens with zero attached hydrogens (tertiary/aromatic N) is 3. The number of carbonyl (C=O) groups excluding carboxylic acids is 1. The van der Waals surface area contributed by atoms with Crippen LogP contribution in [0.2, 0.25) is 0 Å². The predicted molar refractivity (Wildman–Crippen MR) is 106 cm³/mol. The van der Waals surface area contributed by atoms with Gasteiger partial charge < -0.3 is 10.2 Å². The number of anilines is 2. The maximum absolute atomic E-state index is 12.3. The number of amides is 1. The Morgan fingerprint density at radius 1 is 1.04 bits per heavy atom. The number of piperazine rings is 1. The van der Waals surface area contributed by atoms with Gasteiger partial charge in [-0.2, -0.15) is 0 Å². The maximum Gasteiger partial charge on any atom is 0.269 e. The normalized spacial score (nSPS) is 14.8. The highest BCUT2D eigenvalue weighted by Crippen LogP contribution is 2.20. The summed E-state index contributed by atoms with van der Waals surface area (Å²) in [5.74, 6) is -0.0120. The standard InChI is InChI=1S/C20H24N4O3/c1-15-3-4-17(13-16(15)2)21-20(25)14-22-9-11-23(12-10-22)18-5-7-19(8-6-18)24(26)27/h3-8,13H,9-12,14H2,1-2H3,(H,21,25). The van der Waals surface area contributed by atoms with Gasteiger partial charge in [0, 0.05) is 49.7 Å². The second kappa shape index (κ2) is 8.18. The smallest absolute Gasteiger partial charge is 0.269 e. The Kier molecular flexibility index (Phi) is 5.71. The number of hydrogen-bond donors (Lipinski definition) is 1. The molecule has 7 heteroatoms. The minimum atomic E-state index is -0.393. The van der Waals surface area contributed by atoms with Crippen molar-refractivity contribution in [3.63, 3.8) is 0 Å². The molecule has 0 aliphatic carbocycles. The lowest BCUT2D eigenvalue weighted by Crippen LogP contribution is -2.48. The Balaban J connectivity index is 1.49. The monoisotopic (exact) mass is 368 g/mol. The lowest BCUT2D eigenvalue weighted by Gasteiger charge is -2.35. The average molecular weight is 368 g/mol. The van der Waals surface area contributed by atoms with Gasteiger partial charge in [0.25, 0.3) is 5.69 Å². The Morgan fingerprint density at radius 2 is 1.70 bits per heavy atom. The molecule has 2 aromatic carbocycles. The third kappa shape index (κ3) is 4.83. The highest BCUT2D eigenvalue weighted by atomic mass is 16.6. The molecular weight excluding hydrogens is 344 g/mol. The van der Waals surface area contributed by atoms with Crippen LogP contribution in [0.1, 0.15) is 11.1 Å². The van der Waals surface area contributed by atoms with Crippen LogP contribution < -0.4 is 10.2 Å². The van der Waals surface area contributed by atoms with Crippen LogP contribution in [0.4, 0.5) is 17.1 Å². The van der Waals surface area contributed by atoms with Gasteiger partial charge >= 0.3 is 0 Å². The zero-order chi connectivity index (χ0) is 19.4. The fraction of sp³-hybridized carbons (Fsp3) is 0.350. The number of benzene rings is 2. The van der Waals surface area contributed by atoms with Crippen LogP contribution in [-0.4, -0.2) is 48.5 Å². The summed E-state index contributed by atoms with van der Waals surface area (Å²) in [6, 6.07) is 12.5. The van der Waals surface area contributed by atoms with Gasteiger partial charge in [-0.1, -0.05) is 6.07 Å². The molecule has 0 unspecified atom stereocenters. The van der Waals surface area contributed by atoms with Crippen LogP contribution in [0.25, 0.3) is 0 Å². The number of hydrogen-bond acceptors (Lipinski definition) is 5. The number of nitrogens with one attached hydrogen (secondary N) is 1. The Hall–Kier alpha value is -2.93. The molecule has 0 saturated carbocycles. The van der Waals surface area contributed by atoms with Crippen molar-refractivity contribution >= 4 is 23.0 Å². The van der Waals surface area contributed by atoms with Crippen LogP contribution in [0.5, 0.6) is 0 Å². The van der Waals surface area contributed by atoms with Crippen LogP contribution in [0.3, 0.4) is 0 Å². The zero-order valence-electron chi connectivity index (χ0n) is 15.6. The first kappa shape index (κ1) is 18.8. The van der Waals surface area contributed by atoms with Crippen LogP contribution in [0, 0.1) is 24.0 Å². The van der Waals surface area contributed by atoms with Gasteiger partial charge in [-0.05, 0) is 49.2 Å². The summed E-state index contributed by atoms with van der Waals surface area (Å²) in [6.45, 7) is 7.56. The highest BCUT2D eigenvalue weighted by molar-refractivity contribution is 5.92. The van der Waals surface area contributed by atoms with Gasteiger partial charge in [0.05, 0.1) is 11.5 Å². The van der Waals surface area contributed by atoms with Crippen LogP contribution in [-0.2, 0) is 4.79 Å². The van der Waals surface area contributed by atoms with E-state index in [1.54, 1.807) is 12.1 Å². The highest BCUT2D eigenvalue weighted by Gasteiger charge is 2.20. The summed E-state index contributed by atoms with van der Waals surface area (Å²) in [4.78, 5) is 27.0. The number of rotatable bonds is 5. The van der Waals surface area contributed by atoms with Crippen molar-refractivity contribution in [3.8, 4) is 0 Å². The second-order valence-corrected chi connectivity index (χ2v) is 6.88. The van der Waals surface area contributed by atoms with Crippen LogP contribution in [0.15, 0.2) is 42.5 Å². The fourth-order valence-corrected chi connectivity index (χ4v) is 3.17. The molecule has 27 heavy (non-hydrogen) atoms. The molecule has 1 fully saturated rings. The zero-order valence-corrected chi connectivity index (χ0v) is 15.6. The van der Waals surface area contributed by atoms with Crippen molar-refractivity contribution < 1.29 is 9.72 Å². The summed E-state index contributed by atoms with van der Waals surface area (Å²) in [5.41, 5.74) is 4.26. The maximum atomic E-state index is 12.3. The summed E-state index contributed by atoms with van der Waals surface area (Å²) < 4.78 is 0. The summed E-state index contributed by atoms with van der Waals surface area (Å²) in [6.07, 6.45) is 0. The molecule has 1 aliphatic rings. The first-order valence-corrected chi connectivity index (χ1v) is 9.01. The number of nitro benzene ring substituents is 1. The predicted octanol–water partition coefficient (Wildman–Crippen LogP) is 2.97. The largest absolute Gasteiger partial charge is 0.369 e. The fourth-order valence-electron chi connectivity index (χ4n) is 3.17. The second-order valence-electron chi connectivity index (χ2n) is 6.88. The number of non-ortho nitro benzene ring substituents is 1. The molecule has 2 aromatic rings. The average Bonchev–Trinajstić information content (AvgIpc) is 2.65. The van der Waals surface area contributed by atoms with Gasteiger partial charge in [-0.3, -0.25) is 19.8 Å². The molecule has 1 aliphatic heterocycles. The van der Waals surface area contributed by atoms with E-state index in [4.69, 9.17) is 0 Å². The number of carbonyl (C=O) groups is 1. The van der Waals surface area contributed by atoms with E-state index >= 15 is 0 Å². The molecule has 1 saturated heterocycles. The molecular formula is C20H24N4O3. The molecule has 0 spiro atoms. The van der Waals surface area contributed by atoms with Crippen molar-refractivity contribution in [1.29, 1.82) is 0 Å². The third-order valence-corrected chi connectivity index (χ3v) is 4.96. The Morgan fingerprint density at radius 3 is 2.30 bits per heavy atom. The minimum Gasteiger partial charge on any atom is -0.369 e. The van der Waals surface area contributed by atoms with E-state index in [2.05, 4.69) is 15.1 Å². The van der Waals surface area contributed by atoms with E-state index in [-0.39, 0.29) is 11.6 Å². The van der Waals surface area contributed by atoms with Gasteiger partial charge in [-0.25, -0.2) is 0 Å². The SMILES string of the molecule is Cc1ccc(NC(=O)CN2CCN(c3ccc([N+](=O)[O-])cc3)CC2)cc1C. The van der Waals surface area contributed by atoms with Gasteiger partial charge in [-0.15, -0.1) is 0 Å². The molecule has 142 valence electrons. The van der Waals surface area contributed by atoms with Gasteiger partial charge in [0.15, 0.2) is 0 Å². The number of aryl methyl sites for hydroxylation is 2. The van der Waals surface area contributed by atoms with Crippen molar-refractivity contribution in [2.24, 2.45) is 0 Å². The summed E-state index contributed by atoms with van der Waals surface area (Å²) >= 11 is 0. The topological polar surface area (TPSA) is 78.7 Å². The molecule has 0 aromatic heterocycles. The summed E-state index contributed by atoms with van der Waals surface area (Å²) in [7, 11) is 0. The number of nitro groups is 1. The molecule has 3 rings (SSSR count). The van der Waals surface area contributed by atoms with E-state index in [1.807, 2.05) is 32.0 Å². The van der Waals surface area contributed by atoms with E-state index in [0.717, 1.165) is 43.1 Å². The quantitative estimate of drug-likeness (QED) is 0.648. The lowest BCUT2D eigenvalue weighted by molar-refractivity contribution is -0.384. The first-order valence-electron chi connectivity index (χ1n) is 9.01. The minimum absolute atomic E-state index is 0.0120. The molecule has 7 nitrogen and oxygen atoms in total. The van der Waals surface area contributed by atoms with Crippen molar-refractivity contribution in [2.45, 2.75) is 13.8 Å². The summed E-state index contributed by atoms with van der Waals surface area (Å²) in [5, 5.41) is 13.7. The molecule has 0 bridgehead atoms.